The van der Waals surface area contributed by atoms with Crippen molar-refractivity contribution in [1.29, 1.82) is 0 Å². The van der Waals surface area contributed by atoms with E-state index in [0.717, 1.165) is 5.69 Å². The third-order valence-electron chi connectivity index (χ3n) is 2.32. The number of carboxylic acid groups (broad SMARTS) is 1. The molecular weight excluding hydrogens is 190 g/mol. The second-order valence-electron chi connectivity index (χ2n) is 4.28. The van der Waals surface area contributed by atoms with Crippen molar-refractivity contribution in [3.05, 3.63) is 29.1 Å². The molecule has 3 nitrogen and oxygen atoms in total. The fraction of sp³-hybridized carbons (Fsp3) is 0.500. The molecule has 0 radical (unpaired) electrons. The number of aromatic nitrogens is 1. The Labute approximate surface area is 90.2 Å². The van der Waals surface area contributed by atoms with E-state index in [4.69, 9.17) is 5.11 Å². The van der Waals surface area contributed by atoms with Crippen LogP contribution in [0.3, 0.4) is 0 Å². The smallest absolute Gasteiger partial charge is 0.337 e. The molecule has 0 aliphatic rings. The van der Waals surface area contributed by atoms with Gasteiger partial charge in [-0.25, -0.2) is 4.79 Å². The van der Waals surface area contributed by atoms with E-state index in [-0.39, 0.29) is 5.92 Å². The zero-order valence-corrected chi connectivity index (χ0v) is 9.61. The largest absolute Gasteiger partial charge is 0.478 e. The van der Waals surface area contributed by atoms with Crippen molar-refractivity contribution in [3.63, 3.8) is 0 Å². The summed E-state index contributed by atoms with van der Waals surface area (Å²) in [5.41, 5.74) is 1.94. The first kappa shape index (κ1) is 11.7. The van der Waals surface area contributed by atoms with Gasteiger partial charge in [-0.05, 0) is 24.0 Å². The molecule has 15 heavy (non-hydrogen) atoms. The maximum atomic E-state index is 11.0. The third kappa shape index (κ3) is 2.55. The number of pyridine rings is 1. The fourth-order valence-electron chi connectivity index (χ4n) is 1.43. The number of carbonyl (C=O) groups is 1. The van der Waals surface area contributed by atoms with Gasteiger partial charge in [0.2, 0.25) is 0 Å². The maximum Gasteiger partial charge on any atom is 0.337 e. The van der Waals surface area contributed by atoms with Crippen LogP contribution in [-0.2, 0) is 0 Å². The molecule has 82 valence electrons. The molecule has 0 aromatic carbocycles. The lowest BCUT2D eigenvalue weighted by molar-refractivity contribution is 0.0694. The molecule has 0 bridgehead atoms. The number of aromatic carboxylic acids is 1. The summed E-state index contributed by atoms with van der Waals surface area (Å²) >= 11 is 0. The van der Waals surface area contributed by atoms with Gasteiger partial charge in [0.05, 0.1) is 11.3 Å². The Kier molecular flexibility index (Phi) is 3.45. The molecule has 1 heterocycles. The Bertz CT molecular complexity index is 370. The molecule has 0 aliphatic heterocycles. The van der Waals surface area contributed by atoms with Crippen LogP contribution in [0.1, 0.15) is 61.3 Å². The van der Waals surface area contributed by atoms with Crippen LogP contribution in [0.5, 0.6) is 0 Å². The lowest BCUT2D eigenvalue weighted by Gasteiger charge is -2.12. The first-order valence-corrected chi connectivity index (χ1v) is 5.17. The molecule has 1 rings (SSSR count). The van der Waals surface area contributed by atoms with Gasteiger partial charge in [-0.3, -0.25) is 4.98 Å². The minimum atomic E-state index is -0.901. The Morgan fingerprint density at radius 1 is 1.20 bits per heavy atom. The number of hydrogen-bond donors (Lipinski definition) is 1. The monoisotopic (exact) mass is 207 g/mol. The molecule has 1 N–H and O–H groups in total. The molecule has 3 heteroatoms. The van der Waals surface area contributed by atoms with Gasteiger partial charge in [0.1, 0.15) is 0 Å². The van der Waals surface area contributed by atoms with Gasteiger partial charge in [-0.15, -0.1) is 0 Å². The molecule has 0 fully saturated rings. The molecule has 0 aliphatic carbocycles. The standard InChI is InChI=1S/C12H17NO2/c1-7(2)10-6-5-9(12(14)15)11(13-10)8(3)4/h5-8H,1-4H3,(H,14,15). The highest BCUT2D eigenvalue weighted by Crippen LogP contribution is 2.21. The molecule has 0 atom stereocenters. The highest BCUT2D eigenvalue weighted by molar-refractivity contribution is 5.89. The molecule has 0 saturated carbocycles. The SMILES string of the molecule is CC(C)c1ccc(C(=O)O)c(C(C)C)n1. The number of nitrogens with zero attached hydrogens (tertiary/aromatic N) is 1. The van der Waals surface area contributed by atoms with E-state index in [1.807, 2.05) is 27.7 Å². The molecule has 0 spiro atoms. The van der Waals surface area contributed by atoms with Crippen LogP contribution >= 0.6 is 0 Å². The Morgan fingerprint density at radius 3 is 2.20 bits per heavy atom. The number of hydrogen-bond acceptors (Lipinski definition) is 2. The molecular formula is C12H17NO2. The predicted octanol–water partition coefficient (Wildman–Crippen LogP) is 3.03. The molecule has 1 aromatic heterocycles. The molecule has 0 unspecified atom stereocenters. The average Bonchev–Trinajstić information content (AvgIpc) is 2.16. The van der Waals surface area contributed by atoms with Crippen LogP contribution in [0.15, 0.2) is 12.1 Å². The van der Waals surface area contributed by atoms with E-state index in [0.29, 0.717) is 17.2 Å². The van der Waals surface area contributed by atoms with Crippen molar-refractivity contribution in [2.24, 2.45) is 0 Å². The molecule has 0 amide bonds. The molecule has 0 saturated heterocycles. The summed E-state index contributed by atoms with van der Waals surface area (Å²) in [5.74, 6) is -0.443. The number of carboxylic acids is 1. The van der Waals surface area contributed by atoms with E-state index < -0.39 is 5.97 Å². The number of rotatable bonds is 3. The first-order valence-electron chi connectivity index (χ1n) is 5.17. The Morgan fingerprint density at radius 2 is 1.80 bits per heavy atom. The van der Waals surface area contributed by atoms with Crippen LogP contribution in [-0.4, -0.2) is 16.1 Å². The highest BCUT2D eigenvalue weighted by Gasteiger charge is 2.15. The fourth-order valence-corrected chi connectivity index (χ4v) is 1.43. The van der Waals surface area contributed by atoms with E-state index in [2.05, 4.69) is 4.98 Å². The summed E-state index contributed by atoms with van der Waals surface area (Å²) in [5, 5.41) is 9.00. The van der Waals surface area contributed by atoms with E-state index in [1.165, 1.54) is 0 Å². The quantitative estimate of drug-likeness (QED) is 0.828. The summed E-state index contributed by atoms with van der Waals surface area (Å²) in [6.45, 7) is 8.01. The zero-order chi connectivity index (χ0) is 11.6. The van der Waals surface area contributed by atoms with Crippen LogP contribution in [0.25, 0.3) is 0 Å². The van der Waals surface area contributed by atoms with Crippen LogP contribution in [0.4, 0.5) is 0 Å². The van der Waals surface area contributed by atoms with Gasteiger partial charge in [-0.2, -0.15) is 0 Å². The Balaban J connectivity index is 3.27. The zero-order valence-electron chi connectivity index (χ0n) is 9.61. The van der Waals surface area contributed by atoms with Crippen molar-refractivity contribution in [2.75, 3.05) is 0 Å². The van der Waals surface area contributed by atoms with Crippen LogP contribution < -0.4 is 0 Å². The molecule has 1 aromatic rings. The van der Waals surface area contributed by atoms with Crippen LogP contribution in [0.2, 0.25) is 0 Å². The first-order chi connectivity index (χ1) is 6.93. The summed E-state index contributed by atoms with van der Waals surface area (Å²) in [4.78, 5) is 15.4. The van der Waals surface area contributed by atoms with Gasteiger partial charge in [-0.1, -0.05) is 27.7 Å². The minimum Gasteiger partial charge on any atom is -0.478 e. The van der Waals surface area contributed by atoms with Gasteiger partial charge in [0.25, 0.3) is 0 Å². The van der Waals surface area contributed by atoms with E-state index in [1.54, 1.807) is 12.1 Å². The summed E-state index contributed by atoms with van der Waals surface area (Å²) < 4.78 is 0. The maximum absolute atomic E-state index is 11.0. The van der Waals surface area contributed by atoms with Gasteiger partial charge in [0.15, 0.2) is 0 Å². The highest BCUT2D eigenvalue weighted by atomic mass is 16.4. The summed E-state index contributed by atoms with van der Waals surface area (Å²) in [6, 6.07) is 3.44. The average molecular weight is 207 g/mol. The van der Waals surface area contributed by atoms with Crippen LogP contribution in [0, 0.1) is 0 Å². The minimum absolute atomic E-state index is 0.134. The lowest BCUT2D eigenvalue weighted by Crippen LogP contribution is -2.08. The lowest BCUT2D eigenvalue weighted by atomic mass is 10.0. The summed E-state index contributed by atoms with van der Waals surface area (Å²) in [6.07, 6.45) is 0. The topological polar surface area (TPSA) is 50.2 Å². The van der Waals surface area contributed by atoms with E-state index in [9.17, 15) is 4.79 Å². The van der Waals surface area contributed by atoms with Crippen molar-refractivity contribution in [3.8, 4) is 0 Å². The predicted molar refractivity (Wildman–Crippen MR) is 59.4 cm³/mol. The summed E-state index contributed by atoms with van der Waals surface area (Å²) in [7, 11) is 0. The Hall–Kier alpha value is -1.38. The third-order valence-corrected chi connectivity index (χ3v) is 2.32. The van der Waals surface area contributed by atoms with Gasteiger partial charge < -0.3 is 5.11 Å². The second kappa shape index (κ2) is 4.43. The van der Waals surface area contributed by atoms with Crippen molar-refractivity contribution >= 4 is 5.97 Å². The normalized spacial score (nSPS) is 11.1. The van der Waals surface area contributed by atoms with Gasteiger partial charge in [0, 0.05) is 5.69 Å². The van der Waals surface area contributed by atoms with E-state index >= 15 is 0 Å². The van der Waals surface area contributed by atoms with Crippen molar-refractivity contribution in [2.45, 2.75) is 39.5 Å². The second-order valence-corrected chi connectivity index (χ2v) is 4.28. The van der Waals surface area contributed by atoms with Gasteiger partial charge >= 0.3 is 5.97 Å². The van der Waals surface area contributed by atoms with Crippen molar-refractivity contribution < 1.29 is 9.90 Å². The van der Waals surface area contributed by atoms with Crippen molar-refractivity contribution in [1.82, 2.24) is 4.98 Å².